The van der Waals surface area contributed by atoms with E-state index in [1.165, 1.54) is 0 Å². The summed E-state index contributed by atoms with van der Waals surface area (Å²) in [4.78, 5) is 12.1. The van der Waals surface area contributed by atoms with Crippen LogP contribution in [-0.2, 0) is 11.3 Å². The first-order valence-electron chi connectivity index (χ1n) is 5.94. The molecule has 2 aromatic carbocycles. The minimum absolute atomic E-state index is 0.172. The van der Waals surface area contributed by atoms with Crippen molar-refractivity contribution >= 4 is 39.2 Å². The summed E-state index contributed by atoms with van der Waals surface area (Å²) in [5.74, 6) is -0.407. The van der Waals surface area contributed by atoms with Gasteiger partial charge in [-0.2, -0.15) is 0 Å². The van der Waals surface area contributed by atoms with Crippen LogP contribution >= 0.6 is 27.5 Å². The zero-order chi connectivity index (χ0) is 14.7. The first-order chi connectivity index (χ1) is 9.47. The quantitative estimate of drug-likeness (QED) is 0.658. The summed E-state index contributed by atoms with van der Waals surface area (Å²) in [6, 6.07) is 10.6. The molecule has 0 fully saturated rings. The third kappa shape index (κ3) is 3.52. The maximum absolute atomic E-state index is 12.1. The highest BCUT2D eigenvalue weighted by molar-refractivity contribution is 9.10. The fourth-order valence-electron chi connectivity index (χ4n) is 1.77. The molecule has 104 valence electrons. The van der Waals surface area contributed by atoms with Crippen molar-refractivity contribution in [2.45, 2.75) is 13.5 Å². The SMILES string of the molecule is Cc1c(N)cc(Br)cc1C(=O)OCc1cccc(Cl)c1. The Kier molecular flexibility index (Phi) is 4.68. The van der Waals surface area contributed by atoms with Gasteiger partial charge in [-0.3, -0.25) is 0 Å². The molecule has 0 aliphatic rings. The van der Waals surface area contributed by atoms with E-state index >= 15 is 0 Å². The van der Waals surface area contributed by atoms with Crippen LogP contribution in [0.15, 0.2) is 40.9 Å². The number of carbonyl (C=O) groups is 1. The summed E-state index contributed by atoms with van der Waals surface area (Å²) in [7, 11) is 0. The maximum Gasteiger partial charge on any atom is 0.338 e. The van der Waals surface area contributed by atoms with E-state index in [9.17, 15) is 4.79 Å². The molecule has 20 heavy (non-hydrogen) atoms. The second-order valence-corrected chi connectivity index (χ2v) is 5.73. The van der Waals surface area contributed by atoms with Crippen LogP contribution < -0.4 is 5.73 Å². The van der Waals surface area contributed by atoms with Gasteiger partial charge in [-0.05, 0) is 42.3 Å². The predicted octanol–water partition coefficient (Wildman–Crippen LogP) is 4.35. The van der Waals surface area contributed by atoms with Gasteiger partial charge in [-0.25, -0.2) is 4.79 Å². The van der Waals surface area contributed by atoms with Gasteiger partial charge in [-0.15, -0.1) is 0 Å². The van der Waals surface area contributed by atoms with Crippen molar-refractivity contribution in [3.8, 4) is 0 Å². The van der Waals surface area contributed by atoms with Crippen molar-refractivity contribution in [2.75, 3.05) is 5.73 Å². The summed E-state index contributed by atoms with van der Waals surface area (Å²) in [5, 5.41) is 0.612. The van der Waals surface area contributed by atoms with Gasteiger partial charge in [0.25, 0.3) is 0 Å². The number of hydrogen-bond acceptors (Lipinski definition) is 3. The molecule has 0 unspecified atom stereocenters. The van der Waals surface area contributed by atoms with Crippen molar-refractivity contribution in [2.24, 2.45) is 0 Å². The summed E-state index contributed by atoms with van der Waals surface area (Å²) >= 11 is 9.20. The van der Waals surface area contributed by atoms with Gasteiger partial charge in [0.2, 0.25) is 0 Å². The second kappa shape index (κ2) is 6.29. The zero-order valence-electron chi connectivity index (χ0n) is 10.8. The lowest BCUT2D eigenvalue weighted by molar-refractivity contribution is 0.0472. The van der Waals surface area contributed by atoms with Gasteiger partial charge in [0.1, 0.15) is 6.61 Å². The predicted molar refractivity (Wildman–Crippen MR) is 83.9 cm³/mol. The molecule has 5 heteroatoms. The average molecular weight is 355 g/mol. The van der Waals surface area contributed by atoms with Crippen molar-refractivity contribution < 1.29 is 9.53 Å². The Morgan fingerprint density at radius 1 is 1.35 bits per heavy atom. The topological polar surface area (TPSA) is 52.3 Å². The fraction of sp³-hybridized carbons (Fsp3) is 0.133. The number of anilines is 1. The lowest BCUT2D eigenvalue weighted by atomic mass is 10.1. The molecular weight excluding hydrogens is 342 g/mol. The van der Waals surface area contributed by atoms with E-state index in [1.807, 2.05) is 12.1 Å². The molecule has 0 bridgehead atoms. The third-order valence-electron chi connectivity index (χ3n) is 2.89. The summed E-state index contributed by atoms with van der Waals surface area (Å²) in [6.07, 6.45) is 0. The van der Waals surface area contributed by atoms with Gasteiger partial charge in [0.05, 0.1) is 5.56 Å². The molecule has 0 radical (unpaired) electrons. The molecule has 2 rings (SSSR count). The Balaban J connectivity index is 2.13. The third-order valence-corrected chi connectivity index (χ3v) is 3.58. The molecule has 0 aliphatic carbocycles. The molecular formula is C15H13BrClNO2. The van der Waals surface area contributed by atoms with Gasteiger partial charge in [0.15, 0.2) is 0 Å². The van der Waals surface area contributed by atoms with E-state index in [1.54, 1.807) is 31.2 Å². The van der Waals surface area contributed by atoms with Crippen molar-refractivity contribution in [3.05, 3.63) is 62.6 Å². The standard InChI is InChI=1S/C15H13BrClNO2/c1-9-13(6-11(16)7-14(9)18)15(19)20-8-10-3-2-4-12(17)5-10/h2-7H,8,18H2,1H3. The molecule has 0 atom stereocenters. The lowest BCUT2D eigenvalue weighted by Gasteiger charge is -2.10. The monoisotopic (exact) mass is 353 g/mol. The zero-order valence-corrected chi connectivity index (χ0v) is 13.2. The first-order valence-corrected chi connectivity index (χ1v) is 7.11. The highest BCUT2D eigenvalue weighted by Gasteiger charge is 2.13. The number of benzene rings is 2. The van der Waals surface area contributed by atoms with Crippen molar-refractivity contribution in [3.63, 3.8) is 0 Å². The average Bonchev–Trinajstić information content (AvgIpc) is 2.40. The minimum Gasteiger partial charge on any atom is -0.457 e. The minimum atomic E-state index is -0.407. The molecule has 0 saturated heterocycles. The largest absolute Gasteiger partial charge is 0.457 e. The normalized spacial score (nSPS) is 10.3. The van der Waals surface area contributed by atoms with E-state index in [-0.39, 0.29) is 6.61 Å². The molecule has 0 aromatic heterocycles. The van der Waals surface area contributed by atoms with E-state index < -0.39 is 5.97 Å². The van der Waals surface area contributed by atoms with Crippen LogP contribution in [-0.4, -0.2) is 5.97 Å². The van der Waals surface area contributed by atoms with Crippen LogP contribution in [0.2, 0.25) is 5.02 Å². The number of esters is 1. The summed E-state index contributed by atoms with van der Waals surface area (Å²) in [6.45, 7) is 1.96. The number of rotatable bonds is 3. The second-order valence-electron chi connectivity index (χ2n) is 4.37. The smallest absolute Gasteiger partial charge is 0.338 e. The Bertz CT molecular complexity index is 658. The molecule has 2 aromatic rings. The van der Waals surface area contributed by atoms with Crippen molar-refractivity contribution in [1.29, 1.82) is 0 Å². The van der Waals surface area contributed by atoms with Crippen LogP contribution in [0, 0.1) is 6.92 Å². The van der Waals surface area contributed by atoms with E-state index in [0.717, 1.165) is 10.0 Å². The van der Waals surface area contributed by atoms with E-state index in [2.05, 4.69) is 15.9 Å². The van der Waals surface area contributed by atoms with Crippen LogP contribution in [0.3, 0.4) is 0 Å². The molecule has 0 amide bonds. The number of nitrogen functional groups attached to an aromatic ring is 1. The number of carbonyl (C=O) groups excluding carboxylic acids is 1. The maximum atomic E-state index is 12.1. The van der Waals surface area contributed by atoms with Crippen LogP contribution in [0.4, 0.5) is 5.69 Å². The Labute approximate surface area is 130 Å². The molecule has 2 N–H and O–H groups in total. The number of ether oxygens (including phenoxy) is 1. The number of hydrogen-bond donors (Lipinski definition) is 1. The highest BCUT2D eigenvalue weighted by Crippen LogP contribution is 2.23. The Hall–Kier alpha value is -1.52. The van der Waals surface area contributed by atoms with Gasteiger partial charge >= 0.3 is 5.97 Å². The van der Waals surface area contributed by atoms with Gasteiger partial charge < -0.3 is 10.5 Å². The van der Waals surface area contributed by atoms with Crippen molar-refractivity contribution in [1.82, 2.24) is 0 Å². The van der Waals surface area contributed by atoms with Crippen LogP contribution in [0.1, 0.15) is 21.5 Å². The number of halogens is 2. The molecule has 3 nitrogen and oxygen atoms in total. The molecule has 0 spiro atoms. The van der Waals surface area contributed by atoms with Gasteiger partial charge in [-0.1, -0.05) is 39.7 Å². The fourth-order valence-corrected chi connectivity index (χ4v) is 2.45. The lowest BCUT2D eigenvalue weighted by Crippen LogP contribution is -2.08. The Morgan fingerprint density at radius 3 is 2.80 bits per heavy atom. The van der Waals surface area contributed by atoms with Gasteiger partial charge in [0, 0.05) is 15.2 Å². The highest BCUT2D eigenvalue weighted by atomic mass is 79.9. The summed E-state index contributed by atoms with van der Waals surface area (Å²) in [5.41, 5.74) is 8.39. The number of nitrogens with two attached hydrogens (primary N) is 1. The first kappa shape index (κ1) is 14.9. The molecule has 0 heterocycles. The molecule has 0 aliphatic heterocycles. The Morgan fingerprint density at radius 2 is 2.10 bits per heavy atom. The molecule has 0 saturated carbocycles. The summed E-state index contributed by atoms with van der Waals surface area (Å²) < 4.78 is 6.03. The van der Waals surface area contributed by atoms with E-state index in [0.29, 0.717) is 21.8 Å². The van der Waals surface area contributed by atoms with Crippen LogP contribution in [0.5, 0.6) is 0 Å². The van der Waals surface area contributed by atoms with Crippen LogP contribution in [0.25, 0.3) is 0 Å². The van der Waals surface area contributed by atoms with E-state index in [4.69, 9.17) is 22.1 Å².